The summed E-state index contributed by atoms with van der Waals surface area (Å²) in [5.74, 6) is 2.62. The molecule has 0 radical (unpaired) electrons. The summed E-state index contributed by atoms with van der Waals surface area (Å²) in [6, 6.07) is 31.8. The Hall–Kier alpha value is -4.82. The van der Waals surface area contributed by atoms with E-state index in [9.17, 15) is 14.7 Å². The summed E-state index contributed by atoms with van der Waals surface area (Å²) in [5, 5.41) is 16.0. The Kier molecular flexibility index (Phi) is 10.4. The van der Waals surface area contributed by atoms with Crippen LogP contribution in [-0.2, 0) is 16.0 Å². The zero-order valence-electron chi connectivity index (χ0n) is 30.8. The molecule has 4 aromatic rings. The van der Waals surface area contributed by atoms with Crippen LogP contribution in [-0.4, -0.2) is 67.7 Å². The first-order valence-corrected chi connectivity index (χ1v) is 19.6. The predicted octanol–water partition coefficient (Wildman–Crippen LogP) is 7.58. The maximum atomic E-state index is 12.1. The number of piperidine rings is 3. The number of aromatic hydroxyl groups is 1. The molecule has 3 aliphatic heterocycles. The maximum absolute atomic E-state index is 12.1. The number of carbonyl (C=O) groups is 2. The van der Waals surface area contributed by atoms with Crippen LogP contribution in [0.3, 0.4) is 0 Å². The van der Waals surface area contributed by atoms with Crippen LogP contribution in [0.1, 0.15) is 90.5 Å². The molecule has 8 heteroatoms. The number of nitrogens with one attached hydrogen (secondary N) is 2. The van der Waals surface area contributed by atoms with Gasteiger partial charge in [-0.05, 0) is 128 Å². The Bertz CT molecular complexity index is 1900. The van der Waals surface area contributed by atoms with E-state index in [0.29, 0.717) is 36.3 Å². The monoisotopic (exact) mass is 712 g/mol. The number of imide groups is 1. The Morgan fingerprint density at radius 1 is 0.774 bits per heavy atom. The van der Waals surface area contributed by atoms with E-state index in [1.54, 1.807) is 7.11 Å². The molecule has 276 valence electrons. The lowest BCUT2D eigenvalue weighted by Crippen LogP contribution is -2.47. The molecule has 0 bridgehead atoms. The number of rotatable bonds is 9. The van der Waals surface area contributed by atoms with Gasteiger partial charge in [0.1, 0.15) is 17.5 Å². The van der Waals surface area contributed by atoms with Crippen LogP contribution in [0.15, 0.2) is 91.0 Å². The molecular formula is C45H52N4O4. The predicted molar refractivity (Wildman–Crippen MR) is 210 cm³/mol. The fraction of sp³-hybridized carbons (Fsp3) is 0.422. The molecule has 3 fully saturated rings. The lowest BCUT2D eigenvalue weighted by molar-refractivity contribution is -0.133. The minimum Gasteiger partial charge on any atom is -0.508 e. The zero-order valence-corrected chi connectivity index (χ0v) is 30.8. The number of methoxy groups -OCH3 is 1. The SMILES string of the molecule is COc1cc(N2CCC(CN3CCC(c4ccc(N[C@@H]5CCC(=O)NC5=O)cc4)CC3)CC2)ccc1[C@H]1c2ccc(O)cc2CC[C@H]1c1ccccc1. The van der Waals surface area contributed by atoms with E-state index >= 15 is 0 Å². The molecule has 8 nitrogen and oxygen atoms in total. The van der Waals surface area contributed by atoms with Crippen molar-refractivity contribution < 1.29 is 19.4 Å². The minimum absolute atomic E-state index is 0.155. The summed E-state index contributed by atoms with van der Waals surface area (Å²) in [6.07, 6.45) is 7.62. The number of hydrogen-bond acceptors (Lipinski definition) is 7. The van der Waals surface area contributed by atoms with Crippen molar-refractivity contribution in [1.82, 2.24) is 10.2 Å². The van der Waals surface area contributed by atoms with Crippen molar-refractivity contribution in [2.24, 2.45) is 5.92 Å². The van der Waals surface area contributed by atoms with Gasteiger partial charge in [0, 0.05) is 55.0 Å². The number of fused-ring (bicyclic) bond motifs is 1. The molecule has 2 amide bonds. The Balaban J connectivity index is 0.858. The second kappa shape index (κ2) is 15.7. The molecule has 0 unspecified atom stereocenters. The smallest absolute Gasteiger partial charge is 0.249 e. The summed E-state index contributed by atoms with van der Waals surface area (Å²) >= 11 is 0. The Morgan fingerprint density at radius 3 is 2.26 bits per heavy atom. The van der Waals surface area contributed by atoms with E-state index in [-0.39, 0.29) is 23.8 Å². The maximum Gasteiger partial charge on any atom is 0.249 e. The quantitative estimate of drug-likeness (QED) is 0.154. The molecule has 3 saturated heterocycles. The number of likely N-dealkylation sites (tertiary alicyclic amines) is 1. The average Bonchev–Trinajstić information content (AvgIpc) is 3.19. The van der Waals surface area contributed by atoms with Crippen LogP contribution in [0, 0.1) is 5.92 Å². The lowest BCUT2D eigenvalue weighted by atomic mass is 9.69. The van der Waals surface area contributed by atoms with Crippen LogP contribution in [0.5, 0.6) is 11.5 Å². The van der Waals surface area contributed by atoms with Gasteiger partial charge in [0.2, 0.25) is 11.8 Å². The molecule has 8 rings (SSSR count). The van der Waals surface area contributed by atoms with Crippen LogP contribution in [0.4, 0.5) is 11.4 Å². The molecule has 0 aromatic heterocycles. The molecule has 3 N–H and O–H groups in total. The highest BCUT2D eigenvalue weighted by atomic mass is 16.5. The van der Waals surface area contributed by atoms with Crippen LogP contribution in [0.25, 0.3) is 0 Å². The van der Waals surface area contributed by atoms with Crippen molar-refractivity contribution in [3.05, 3.63) is 119 Å². The van der Waals surface area contributed by atoms with Crippen LogP contribution < -0.4 is 20.3 Å². The van der Waals surface area contributed by atoms with Crippen LogP contribution >= 0.6 is 0 Å². The molecular weight excluding hydrogens is 661 g/mol. The number of benzene rings is 4. The Morgan fingerprint density at radius 2 is 1.53 bits per heavy atom. The highest BCUT2D eigenvalue weighted by Gasteiger charge is 2.35. The van der Waals surface area contributed by atoms with Crippen molar-refractivity contribution in [2.45, 2.75) is 75.2 Å². The number of phenols is 1. The first-order chi connectivity index (χ1) is 25.9. The van der Waals surface area contributed by atoms with Crippen molar-refractivity contribution in [3.8, 4) is 11.5 Å². The minimum atomic E-state index is -0.354. The summed E-state index contributed by atoms with van der Waals surface area (Å²) in [6.45, 7) is 5.55. The topological polar surface area (TPSA) is 94.1 Å². The summed E-state index contributed by atoms with van der Waals surface area (Å²) in [7, 11) is 1.80. The van der Waals surface area contributed by atoms with Gasteiger partial charge in [-0.15, -0.1) is 0 Å². The van der Waals surface area contributed by atoms with Gasteiger partial charge in [-0.3, -0.25) is 14.9 Å². The van der Waals surface area contributed by atoms with Crippen molar-refractivity contribution in [3.63, 3.8) is 0 Å². The number of amides is 2. The van der Waals surface area contributed by atoms with E-state index in [1.165, 1.54) is 65.7 Å². The summed E-state index contributed by atoms with van der Waals surface area (Å²) in [5.41, 5.74) is 8.62. The number of anilines is 2. The highest BCUT2D eigenvalue weighted by Crippen LogP contribution is 2.50. The second-order valence-electron chi connectivity index (χ2n) is 15.6. The van der Waals surface area contributed by atoms with Gasteiger partial charge in [-0.1, -0.05) is 54.6 Å². The Labute approximate surface area is 313 Å². The zero-order chi connectivity index (χ0) is 36.3. The molecule has 3 heterocycles. The van der Waals surface area contributed by atoms with E-state index in [4.69, 9.17) is 4.74 Å². The third-order valence-corrected chi connectivity index (χ3v) is 12.4. The largest absolute Gasteiger partial charge is 0.508 e. The third kappa shape index (κ3) is 7.79. The molecule has 4 aliphatic rings. The van der Waals surface area contributed by atoms with E-state index in [1.807, 2.05) is 12.1 Å². The van der Waals surface area contributed by atoms with Gasteiger partial charge in [0.25, 0.3) is 0 Å². The number of phenolic OH excluding ortho intramolecular Hbond substituents is 1. The fourth-order valence-electron chi connectivity index (χ4n) is 9.48. The number of ether oxygens (including phenoxy) is 1. The first kappa shape index (κ1) is 35.2. The molecule has 4 aromatic carbocycles. The van der Waals surface area contributed by atoms with E-state index in [2.05, 4.69) is 99.3 Å². The van der Waals surface area contributed by atoms with Crippen molar-refractivity contribution >= 4 is 23.2 Å². The van der Waals surface area contributed by atoms with Gasteiger partial charge in [0.15, 0.2) is 0 Å². The van der Waals surface area contributed by atoms with E-state index < -0.39 is 0 Å². The van der Waals surface area contributed by atoms with Crippen molar-refractivity contribution in [2.75, 3.05) is 50.1 Å². The number of carbonyl (C=O) groups excluding carboxylic acids is 2. The molecule has 0 saturated carbocycles. The van der Waals surface area contributed by atoms with Crippen molar-refractivity contribution in [1.29, 1.82) is 0 Å². The average molecular weight is 713 g/mol. The normalized spacial score (nSPS) is 23.0. The molecule has 1 aliphatic carbocycles. The second-order valence-corrected chi connectivity index (χ2v) is 15.6. The van der Waals surface area contributed by atoms with Gasteiger partial charge in [-0.2, -0.15) is 0 Å². The third-order valence-electron chi connectivity index (χ3n) is 12.4. The van der Waals surface area contributed by atoms with E-state index in [0.717, 1.165) is 50.5 Å². The molecule has 0 spiro atoms. The van der Waals surface area contributed by atoms with Gasteiger partial charge in [-0.25, -0.2) is 0 Å². The van der Waals surface area contributed by atoms with Crippen LogP contribution in [0.2, 0.25) is 0 Å². The summed E-state index contributed by atoms with van der Waals surface area (Å²) in [4.78, 5) is 28.8. The lowest BCUT2D eigenvalue weighted by Gasteiger charge is -2.39. The van der Waals surface area contributed by atoms with Gasteiger partial charge in [0.05, 0.1) is 7.11 Å². The first-order valence-electron chi connectivity index (χ1n) is 19.6. The standard InChI is InChI=1S/C45H52N4O4/c1-53-42-28-36(12-15-40(42)44-38(33-5-3-2-4-6-33)14-9-34-27-37(50)13-16-39(34)44)49-25-19-30(20-26-49)29-48-23-21-32(22-24-48)31-7-10-35(11-8-31)46-41-17-18-43(51)47-45(41)52/h2-8,10-13,15-16,27-28,30,32,38,41,44,46,50H,9,14,17-26,29H2,1H3,(H,47,51,52)/t38-,41+,44+/m0/s1. The highest BCUT2D eigenvalue weighted by molar-refractivity contribution is 6.01. The number of hydrogen-bond donors (Lipinski definition) is 3. The van der Waals surface area contributed by atoms with Gasteiger partial charge < -0.3 is 25.0 Å². The summed E-state index contributed by atoms with van der Waals surface area (Å²) < 4.78 is 6.15. The molecule has 3 atom stereocenters. The van der Waals surface area contributed by atoms with Gasteiger partial charge >= 0.3 is 0 Å². The number of aryl methyl sites for hydroxylation is 1. The molecule has 53 heavy (non-hydrogen) atoms. The fourth-order valence-corrected chi connectivity index (χ4v) is 9.48. The number of nitrogens with zero attached hydrogens (tertiary/aromatic N) is 2.